The lowest BCUT2D eigenvalue weighted by molar-refractivity contribution is -0.139. The van der Waals surface area contributed by atoms with Crippen molar-refractivity contribution in [1.82, 2.24) is 4.57 Å². The third kappa shape index (κ3) is 5.57. The predicted octanol–water partition coefficient (Wildman–Crippen LogP) is 5.59. The summed E-state index contributed by atoms with van der Waals surface area (Å²) in [5.74, 6) is -0.259. The van der Waals surface area contributed by atoms with Crippen LogP contribution in [0, 0.1) is 12.7 Å². The second-order valence-corrected chi connectivity index (χ2v) is 11.1. The maximum absolute atomic E-state index is 14.0. The molecule has 0 bridgehead atoms. The SMILES string of the molecule is CCOC(=O)C1=C(C)N=c2s/c(=C/c3ccc(OCc4ccccc4F)c(Br)c3)c(=O)n2[C@H]1c1ccc(C)cc1. The molecule has 0 amide bonds. The highest BCUT2D eigenvalue weighted by atomic mass is 79.9. The Bertz CT molecular complexity index is 1810. The number of ether oxygens (including phenoxy) is 2. The van der Waals surface area contributed by atoms with Crippen LogP contribution in [-0.2, 0) is 16.1 Å². The molecule has 0 spiro atoms. The topological polar surface area (TPSA) is 69.9 Å². The van der Waals surface area contributed by atoms with E-state index in [2.05, 4.69) is 20.9 Å². The minimum absolute atomic E-state index is 0.0877. The van der Waals surface area contributed by atoms with Crippen molar-refractivity contribution >= 4 is 39.3 Å². The second-order valence-electron chi connectivity index (χ2n) is 9.28. The molecule has 6 nitrogen and oxygen atoms in total. The number of rotatable bonds is 7. The zero-order valence-electron chi connectivity index (χ0n) is 22.1. The third-order valence-corrected chi connectivity index (χ3v) is 8.11. The maximum Gasteiger partial charge on any atom is 0.338 e. The van der Waals surface area contributed by atoms with Crippen molar-refractivity contribution in [1.29, 1.82) is 0 Å². The van der Waals surface area contributed by atoms with E-state index in [0.29, 0.717) is 36.4 Å². The Morgan fingerprint density at radius 3 is 2.58 bits per heavy atom. The Hall–Kier alpha value is -3.82. The van der Waals surface area contributed by atoms with Crippen LogP contribution in [0.5, 0.6) is 5.75 Å². The first kappa shape index (κ1) is 27.7. The molecule has 3 aromatic carbocycles. The highest BCUT2D eigenvalue weighted by molar-refractivity contribution is 9.10. The summed E-state index contributed by atoms with van der Waals surface area (Å²) in [6.07, 6.45) is 1.78. The molecule has 1 aliphatic heterocycles. The van der Waals surface area contributed by atoms with Gasteiger partial charge in [-0.05, 0) is 72.1 Å². The third-order valence-electron chi connectivity index (χ3n) is 6.50. The number of halogens is 2. The number of hydrogen-bond donors (Lipinski definition) is 0. The van der Waals surface area contributed by atoms with Crippen LogP contribution in [0.4, 0.5) is 4.39 Å². The molecule has 9 heteroatoms. The normalized spacial score (nSPS) is 15.0. The lowest BCUT2D eigenvalue weighted by Gasteiger charge is -2.24. The van der Waals surface area contributed by atoms with E-state index in [1.54, 1.807) is 48.8 Å². The molecule has 1 atom stereocenters. The molecule has 2 heterocycles. The molecular weight excluding hydrogens is 595 g/mol. The summed E-state index contributed by atoms with van der Waals surface area (Å²) in [7, 11) is 0. The molecule has 1 aromatic heterocycles. The molecule has 0 N–H and O–H groups in total. The molecule has 0 unspecified atom stereocenters. The Balaban J connectivity index is 1.53. The first-order chi connectivity index (χ1) is 19.3. The van der Waals surface area contributed by atoms with Gasteiger partial charge in [0.05, 0.1) is 32.9 Å². The standard InChI is InChI=1S/C31H26BrFN2O4S/c1-4-38-30(37)27-19(3)34-31-35(28(27)21-12-9-18(2)10-13-21)29(36)26(40-31)16-20-11-14-25(23(32)15-20)39-17-22-7-5-6-8-24(22)33/h5-16,28H,4,17H2,1-3H3/b26-16+/t28-/m0/s1. The Labute approximate surface area is 242 Å². The van der Waals surface area contributed by atoms with Gasteiger partial charge in [0.25, 0.3) is 5.56 Å². The fourth-order valence-electron chi connectivity index (χ4n) is 4.50. The van der Waals surface area contributed by atoms with Gasteiger partial charge in [0.2, 0.25) is 0 Å². The van der Waals surface area contributed by atoms with Gasteiger partial charge in [-0.1, -0.05) is 65.4 Å². The van der Waals surface area contributed by atoms with Gasteiger partial charge < -0.3 is 9.47 Å². The Morgan fingerprint density at radius 2 is 1.88 bits per heavy atom. The first-order valence-corrected chi connectivity index (χ1v) is 14.3. The Morgan fingerprint density at radius 1 is 1.12 bits per heavy atom. The second kappa shape index (κ2) is 11.7. The lowest BCUT2D eigenvalue weighted by Crippen LogP contribution is -2.39. The number of fused-ring (bicyclic) bond motifs is 1. The fourth-order valence-corrected chi connectivity index (χ4v) is 6.06. The summed E-state index contributed by atoms with van der Waals surface area (Å²) in [4.78, 5) is 31.9. The summed E-state index contributed by atoms with van der Waals surface area (Å²) in [6.45, 7) is 5.80. The van der Waals surface area contributed by atoms with Gasteiger partial charge in [-0.25, -0.2) is 14.2 Å². The molecule has 40 heavy (non-hydrogen) atoms. The molecule has 204 valence electrons. The van der Waals surface area contributed by atoms with E-state index in [1.807, 2.05) is 43.3 Å². The minimum Gasteiger partial charge on any atom is -0.488 e. The highest BCUT2D eigenvalue weighted by Gasteiger charge is 2.33. The first-order valence-electron chi connectivity index (χ1n) is 12.7. The number of hydrogen-bond acceptors (Lipinski definition) is 6. The Kier molecular flexibility index (Phi) is 8.14. The number of carbonyl (C=O) groups excluding carboxylic acids is 1. The van der Waals surface area contributed by atoms with Gasteiger partial charge in [-0.2, -0.15) is 0 Å². The molecule has 0 saturated heterocycles. The minimum atomic E-state index is -0.654. The van der Waals surface area contributed by atoms with E-state index in [4.69, 9.17) is 9.47 Å². The monoisotopic (exact) mass is 620 g/mol. The lowest BCUT2D eigenvalue weighted by atomic mass is 9.95. The van der Waals surface area contributed by atoms with Crippen LogP contribution >= 0.6 is 27.3 Å². The molecule has 1 aliphatic rings. The quantitative estimate of drug-likeness (QED) is 0.253. The fraction of sp³-hybridized carbons (Fsp3) is 0.194. The van der Waals surface area contributed by atoms with Crippen molar-refractivity contribution in [3.8, 4) is 5.75 Å². The van der Waals surface area contributed by atoms with Gasteiger partial charge in [0, 0.05) is 5.56 Å². The smallest absolute Gasteiger partial charge is 0.338 e. The summed E-state index contributed by atoms with van der Waals surface area (Å²) >= 11 is 4.79. The summed E-state index contributed by atoms with van der Waals surface area (Å²) in [6, 6.07) is 19.0. The number of nitrogens with zero attached hydrogens (tertiary/aromatic N) is 2. The van der Waals surface area contributed by atoms with Crippen LogP contribution in [-0.4, -0.2) is 17.1 Å². The van der Waals surface area contributed by atoms with Crippen molar-refractivity contribution in [3.63, 3.8) is 0 Å². The van der Waals surface area contributed by atoms with Gasteiger partial charge >= 0.3 is 5.97 Å². The molecule has 0 aliphatic carbocycles. The van der Waals surface area contributed by atoms with E-state index in [1.165, 1.54) is 17.4 Å². The van der Waals surface area contributed by atoms with E-state index in [-0.39, 0.29) is 24.6 Å². The van der Waals surface area contributed by atoms with Crippen LogP contribution in [0.2, 0.25) is 0 Å². The molecule has 5 rings (SSSR count). The summed E-state index contributed by atoms with van der Waals surface area (Å²) in [5.41, 5.74) is 3.72. The van der Waals surface area contributed by atoms with E-state index >= 15 is 0 Å². The number of carbonyl (C=O) groups is 1. The van der Waals surface area contributed by atoms with Crippen molar-refractivity contribution in [3.05, 3.63) is 130 Å². The molecular formula is C31H26BrFN2O4S. The number of benzene rings is 3. The van der Waals surface area contributed by atoms with Gasteiger partial charge in [0.1, 0.15) is 18.2 Å². The predicted molar refractivity (Wildman–Crippen MR) is 156 cm³/mol. The van der Waals surface area contributed by atoms with Crippen molar-refractivity contribution in [2.75, 3.05) is 6.61 Å². The van der Waals surface area contributed by atoms with Gasteiger partial charge in [0.15, 0.2) is 4.80 Å². The molecule has 0 fully saturated rings. The zero-order valence-corrected chi connectivity index (χ0v) is 24.5. The average Bonchev–Trinajstić information content (AvgIpc) is 3.23. The van der Waals surface area contributed by atoms with Crippen LogP contribution in [0.1, 0.15) is 42.1 Å². The van der Waals surface area contributed by atoms with E-state index in [9.17, 15) is 14.0 Å². The number of allylic oxidation sites excluding steroid dienone is 1. The molecule has 0 saturated carbocycles. The summed E-state index contributed by atoms with van der Waals surface area (Å²) < 4.78 is 27.8. The number of esters is 1. The number of aromatic nitrogens is 1. The van der Waals surface area contributed by atoms with Crippen LogP contribution < -0.4 is 19.6 Å². The zero-order chi connectivity index (χ0) is 28.4. The molecule has 4 aromatic rings. The van der Waals surface area contributed by atoms with Crippen molar-refractivity contribution in [2.24, 2.45) is 4.99 Å². The van der Waals surface area contributed by atoms with Gasteiger partial charge in [-0.15, -0.1) is 0 Å². The molecule has 0 radical (unpaired) electrons. The summed E-state index contributed by atoms with van der Waals surface area (Å²) in [5, 5.41) is 0. The van der Waals surface area contributed by atoms with Gasteiger partial charge in [-0.3, -0.25) is 9.36 Å². The van der Waals surface area contributed by atoms with E-state index in [0.717, 1.165) is 16.7 Å². The number of aryl methyl sites for hydroxylation is 1. The van der Waals surface area contributed by atoms with Crippen LogP contribution in [0.25, 0.3) is 6.08 Å². The number of thiazole rings is 1. The van der Waals surface area contributed by atoms with Crippen molar-refractivity contribution in [2.45, 2.75) is 33.4 Å². The van der Waals surface area contributed by atoms with E-state index < -0.39 is 12.0 Å². The highest BCUT2D eigenvalue weighted by Crippen LogP contribution is 2.31. The largest absolute Gasteiger partial charge is 0.488 e. The van der Waals surface area contributed by atoms with Crippen molar-refractivity contribution < 1.29 is 18.7 Å². The average molecular weight is 622 g/mol. The maximum atomic E-state index is 14.0. The van der Waals surface area contributed by atoms with Crippen LogP contribution in [0.15, 0.2) is 92.3 Å². The van der Waals surface area contributed by atoms with Crippen LogP contribution in [0.3, 0.4) is 0 Å².